The second kappa shape index (κ2) is 8.93. The highest BCUT2D eigenvalue weighted by molar-refractivity contribution is 5.68. The zero-order valence-corrected chi connectivity index (χ0v) is 14.0. The van der Waals surface area contributed by atoms with Crippen molar-refractivity contribution in [2.24, 2.45) is 0 Å². The second-order valence-electron chi connectivity index (χ2n) is 5.55. The maximum atomic E-state index is 12.4. The fourth-order valence-corrected chi connectivity index (χ4v) is 2.23. The van der Waals surface area contributed by atoms with Gasteiger partial charge in [-0.25, -0.2) is 4.79 Å². The molecular formula is C19H23NO4. The van der Waals surface area contributed by atoms with E-state index in [-0.39, 0.29) is 19.3 Å². The SMILES string of the molecule is COc1ccc(CN(C(=O)OCc2ccccc2)[C@@H](C)CO)cc1. The number of benzene rings is 2. The fraction of sp³-hybridized carbons (Fsp3) is 0.316. The van der Waals surface area contributed by atoms with Crippen LogP contribution < -0.4 is 4.74 Å². The topological polar surface area (TPSA) is 59.0 Å². The van der Waals surface area contributed by atoms with E-state index in [9.17, 15) is 9.90 Å². The number of rotatable bonds is 7. The van der Waals surface area contributed by atoms with E-state index in [2.05, 4.69) is 0 Å². The molecule has 0 aromatic heterocycles. The van der Waals surface area contributed by atoms with Gasteiger partial charge in [-0.3, -0.25) is 4.90 Å². The summed E-state index contributed by atoms with van der Waals surface area (Å²) in [4.78, 5) is 13.9. The Kier molecular flexibility index (Phi) is 6.63. The number of hydrogen-bond donors (Lipinski definition) is 1. The summed E-state index contributed by atoms with van der Waals surface area (Å²) in [5.74, 6) is 0.757. The van der Waals surface area contributed by atoms with Crippen LogP contribution in [0.25, 0.3) is 0 Å². The lowest BCUT2D eigenvalue weighted by Gasteiger charge is -2.27. The van der Waals surface area contributed by atoms with E-state index >= 15 is 0 Å². The van der Waals surface area contributed by atoms with Crippen LogP contribution in [0.1, 0.15) is 18.1 Å². The first-order valence-electron chi connectivity index (χ1n) is 7.85. The molecule has 0 aliphatic rings. The molecule has 0 saturated carbocycles. The van der Waals surface area contributed by atoms with Crippen LogP contribution in [0.2, 0.25) is 0 Å². The summed E-state index contributed by atoms with van der Waals surface area (Å²) in [5.41, 5.74) is 1.86. The molecular weight excluding hydrogens is 306 g/mol. The summed E-state index contributed by atoms with van der Waals surface area (Å²) in [5, 5.41) is 9.43. The summed E-state index contributed by atoms with van der Waals surface area (Å²) >= 11 is 0. The first kappa shape index (κ1) is 17.8. The van der Waals surface area contributed by atoms with Gasteiger partial charge in [0.15, 0.2) is 0 Å². The Labute approximate surface area is 142 Å². The van der Waals surface area contributed by atoms with Gasteiger partial charge in [-0.1, -0.05) is 42.5 Å². The third kappa shape index (κ3) is 4.99. The fourth-order valence-electron chi connectivity index (χ4n) is 2.23. The molecule has 1 N–H and O–H groups in total. The third-order valence-electron chi connectivity index (χ3n) is 3.75. The lowest BCUT2D eigenvalue weighted by molar-refractivity contribution is 0.0654. The summed E-state index contributed by atoms with van der Waals surface area (Å²) in [7, 11) is 1.61. The number of aliphatic hydroxyl groups excluding tert-OH is 1. The van der Waals surface area contributed by atoms with Crippen molar-refractivity contribution in [3.8, 4) is 5.75 Å². The van der Waals surface area contributed by atoms with Gasteiger partial charge in [0.2, 0.25) is 0 Å². The number of aliphatic hydroxyl groups is 1. The molecule has 5 heteroatoms. The van der Waals surface area contributed by atoms with Gasteiger partial charge in [0, 0.05) is 6.54 Å². The number of hydrogen-bond acceptors (Lipinski definition) is 4. The minimum Gasteiger partial charge on any atom is -0.497 e. The van der Waals surface area contributed by atoms with Gasteiger partial charge in [-0.15, -0.1) is 0 Å². The Morgan fingerprint density at radius 2 is 1.75 bits per heavy atom. The van der Waals surface area contributed by atoms with Crippen LogP contribution in [0.5, 0.6) is 5.75 Å². The van der Waals surface area contributed by atoms with Crippen LogP contribution in [-0.2, 0) is 17.9 Å². The van der Waals surface area contributed by atoms with Crippen molar-refractivity contribution >= 4 is 6.09 Å². The Bertz CT molecular complexity index is 628. The molecule has 128 valence electrons. The molecule has 0 radical (unpaired) electrons. The molecule has 0 aliphatic heterocycles. The van der Waals surface area contributed by atoms with Crippen molar-refractivity contribution in [3.63, 3.8) is 0 Å². The highest BCUT2D eigenvalue weighted by atomic mass is 16.6. The average Bonchev–Trinajstić information content (AvgIpc) is 2.65. The van der Waals surface area contributed by atoms with Gasteiger partial charge in [0.25, 0.3) is 0 Å². The molecule has 0 saturated heterocycles. The summed E-state index contributed by atoms with van der Waals surface area (Å²) < 4.78 is 10.5. The van der Waals surface area contributed by atoms with Gasteiger partial charge >= 0.3 is 6.09 Å². The van der Waals surface area contributed by atoms with Crippen molar-refractivity contribution in [1.29, 1.82) is 0 Å². The van der Waals surface area contributed by atoms with Crippen LogP contribution in [0, 0.1) is 0 Å². The summed E-state index contributed by atoms with van der Waals surface area (Å²) in [6, 6.07) is 16.6. The maximum Gasteiger partial charge on any atom is 0.410 e. The Morgan fingerprint density at radius 3 is 2.33 bits per heavy atom. The number of methoxy groups -OCH3 is 1. The van der Waals surface area contributed by atoms with Crippen LogP contribution in [0.15, 0.2) is 54.6 Å². The van der Waals surface area contributed by atoms with E-state index in [1.807, 2.05) is 54.6 Å². The smallest absolute Gasteiger partial charge is 0.410 e. The maximum absolute atomic E-state index is 12.4. The van der Waals surface area contributed by atoms with E-state index in [0.717, 1.165) is 16.9 Å². The number of carbonyl (C=O) groups is 1. The second-order valence-corrected chi connectivity index (χ2v) is 5.55. The normalized spacial score (nSPS) is 11.6. The number of amides is 1. The predicted octanol–water partition coefficient (Wildman–Crippen LogP) is 3.21. The van der Waals surface area contributed by atoms with Crippen LogP contribution in [-0.4, -0.2) is 35.9 Å². The first-order chi connectivity index (χ1) is 11.6. The van der Waals surface area contributed by atoms with Crippen LogP contribution >= 0.6 is 0 Å². The molecule has 0 fully saturated rings. The van der Waals surface area contributed by atoms with Crippen LogP contribution in [0.3, 0.4) is 0 Å². The average molecular weight is 329 g/mol. The van der Waals surface area contributed by atoms with Crippen molar-refractivity contribution in [3.05, 3.63) is 65.7 Å². The van der Waals surface area contributed by atoms with Gasteiger partial charge in [-0.2, -0.15) is 0 Å². The Morgan fingerprint density at radius 1 is 1.08 bits per heavy atom. The minimum absolute atomic E-state index is 0.128. The molecule has 2 rings (SSSR count). The number of ether oxygens (including phenoxy) is 2. The molecule has 1 atom stereocenters. The van der Waals surface area contributed by atoms with E-state index in [4.69, 9.17) is 9.47 Å². The highest BCUT2D eigenvalue weighted by Gasteiger charge is 2.21. The van der Waals surface area contributed by atoms with Gasteiger partial charge < -0.3 is 14.6 Å². The zero-order valence-electron chi connectivity index (χ0n) is 14.0. The molecule has 5 nitrogen and oxygen atoms in total. The van der Waals surface area contributed by atoms with E-state index in [1.54, 1.807) is 14.0 Å². The van der Waals surface area contributed by atoms with Crippen molar-refractivity contribution in [2.75, 3.05) is 13.7 Å². The van der Waals surface area contributed by atoms with Crippen molar-refractivity contribution in [2.45, 2.75) is 26.1 Å². The number of nitrogens with zero attached hydrogens (tertiary/aromatic N) is 1. The minimum atomic E-state index is -0.448. The summed E-state index contributed by atoms with van der Waals surface area (Å²) in [6.45, 7) is 2.22. The molecule has 0 unspecified atom stereocenters. The molecule has 0 heterocycles. The van der Waals surface area contributed by atoms with E-state index < -0.39 is 6.09 Å². The van der Waals surface area contributed by atoms with Gasteiger partial charge in [0.1, 0.15) is 12.4 Å². The molecule has 0 aliphatic carbocycles. The van der Waals surface area contributed by atoms with Crippen LogP contribution in [0.4, 0.5) is 4.79 Å². The summed E-state index contributed by atoms with van der Waals surface area (Å²) in [6.07, 6.45) is -0.448. The molecule has 0 spiro atoms. The van der Waals surface area contributed by atoms with Gasteiger partial charge in [-0.05, 0) is 30.2 Å². The molecule has 0 bridgehead atoms. The predicted molar refractivity (Wildman–Crippen MR) is 91.7 cm³/mol. The standard InChI is InChI=1S/C19H23NO4/c1-15(13-21)20(12-16-8-10-18(23-2)11-9-16)19(22)24-14-17-6-4-3-5-7-17/h3-11,15,21H,12-14H2,1-2H3/t15-/m0/s1. The largest absolute Gasteiger partial charge is 0.497 e. The molecule has 1 amide bonds. The van der Waals surface area contributed by atoms with Crippen molar-refractivity contribution < 1.29 is 19.4 Å². The molecule has 2 aromatic carbocycles. The Balaban J connectivity index is 2.02. The highest BCUT2D eigenvalue weighted by Crippen LogP contribution is 2.15. The quantitative estimate of drug-likeness (QED) is 0.847. The van der Waals surface area contributed by atoms with Gasteiger partial charge in [0.05, 0.1) is 19.8 Å². The third-order valence-corrected chi connectivity index (χ3v) is 3.75. The molecule has 24 heavy (non-hydrogen) atoms. The zero-order chi connectivity index (χ0) is 17.4. The van der Waals surface area contributed by atoms with E-state index in [1.165, 1.54) is 4.90 Å². The number of carbonyl (C=O) groups excluding carboxylic acids is 1. The van der Waals surface area contributed by atoms with E-state index in [0.29, 0.717) is 6.54 Å². The monoisotopic (exact) mass is 329 g/mol. The lowest BCUT2D eigenvalue weighted by Crippen LogP contribution is -2.40. The Hall–Kier alpha value is -2.53. The van der Waals surface area contributed by atoms with Crippen molar-refractivity contribution in [1.82, 2.24) is 4.90 Å². The first-order valence-corrected chi connectivity index (χ1v) is 7.85. The molecule has 2 aromatic rings. The lowest BCUT2D eigenvalue weighted by atomic mass is 10.2.